The number of benzene rings is 1. The van der Waals surface area contributed by atoms with Crippen molar-refractivity contribution >= 4 is 39.1 Å². The number of nitrogens with one attached hydrogen (secondary N) is 2. The van der Waals surface area contributed by atoms with Gasteiger partial charge in [0.25, 0.3) is 5.56 Å². The number of hydrogen-bond donors (Lipinski definition) is 2. The molecule has 4 rings (SSSR count). The molecule has 0 radical (unpaired) electrons. The maximum Gasteiger partial charge on any atom is 0.259 e. The third kappa shape index (κ3) is 4.89. The molecule has 1 aliphatic carbocycles. The van der Waals surface area contributed by atoms with Gasteiger partial charge in [-0.3, -0.25) is 9.59 Å². The van der Waals surface area contributed by atoms with E-state index in [0.29, 0.717) is 18.2 Å². The lowest BCUT2D eigenvalue weighted by atomic mass is 9.72. The highest BCUT2D eigenvalue weighted by atomic mass is 35.5. The van der Waals surface area contributed by atoms with E-state index in [2.05, 4.69) is 36.1 Å². The minimum atomic E-state index is -0.489. The van der Waals surface area contributed by atoms with Crippen LogP contribution in [0.5, 0.6) is 0 Å². The predicted molar refractivity (Wildman–Crippen MR) is 127 cm³/mol. The van der Waals surface area contributed by atoms with Gasteiger partial charge in [-0.25, -0.2) is 9.37 Å². The Bertz CT molecular complexity index is 1230. The van der Waals surface area contributed by atoms with Gasteiger partial charge in [0, 0.05) is 24.3 Å². The third-order valence-corrected chi connectivity index (χ3v) is 7.69. The van der Waals surface area contributed by atoms with Gasteiger partial charge in [0.1, 0.15) is 16.5 Å². The first-order chi connectivity index (χ1) is 15.1. The first-order valence-electron chi connectivity index (χ1n) is 10.9. The average molecular weight is 476 g/mol. The van der Waals surface area contributed by atoms with Crippen LogP contribution in [0.4, 0.5) is 4.39 Å². The summed E-state index contributed by atoms with van der Waals surface area (Å²) in [6.07, 6.45) is 3.53. The Hall–Kier alpha value is -2.25. The van der Waals surface area contributed by atoms with E-state index in [1.807, 2.05) is 0 Å². The number of aromatic amines is 1. The van der Waals surface area contributed by atoms with E-state index in [9.17, 15) is 14.0 Å². The summed E-state index contributed by atoms with van der Waals surface area (Å²) >= 11 is 7.39. The van der Waals surface area contributed by atoms with Crippen LogP contribution in [0, 0.1) is 17.2 Å². The molecule has 5 nitrogen and oxygen atoms in total. The van der Waals surface area contributed by atoms with E-state index < -0.39 is 5.82 Å². The van der Waals surface area contributed by atoms with Crippen LogP contribution in [0.1, 0.15) is 55.4 Å². The summed E-state index contributed by atoms with van der Waals surface area (Å²) in [6, 6.07) is 4.35. The molecule has 2 heterocycles. The summed E-state index contributed by atoms with van der Waals surface area (Å²) in [6.45, 7) is 7.08. The zero-order valence-electron chi connectivity index (χ0n) is 18.5. The fourth-order valence-electron chi connectivity index (χ4n) is 4.26. The van der Waals surface area contributed by atoms with Gasteiger partial charge in [0.05, 0.1) is 10.4 Å². The molecule has 0 saturated heterocycles. The van der Waals surface area contributed by atoms with Gasteiger partial charge in [-0.05, 0) is 53.9 Å². The Morgan fingerprint density at radius 1 is 1.38 bits per heavy atom. The van der Waals surface area contributed by atoms with Crippen molar-refractivity contribution in [3.8, 4) is 0 Å². The molecule has 0 bridgehead atoms. The molecule has 1 aliphatic rings. The van der Waals surface area contributed by atoms with E-state index in [0.717, 1.165) is 40.6 Å². The molecular weight excluding hydrogens is 449 g/mol. The number of H-pyrrole nitrogens is 1. The molecule has 32 heavy (non-hydrogen) atoms. The zero-order chi connectivity index (χ0) is 23.0. The van der Waals surface area contributed by atoms with Crippen LogP contribution < -0.4 is 10.9 Å². The second-order valence-corrected chi connectivity index (χ2v) is 11.0. The van der Waals surface area contributed by atoms with Crippen LogP contribution in [0.3, 0.4) is 0 Å². The minimum absolute atomic E-state index is 0.0271. The minimum Gasteiger partial charge on any atom is -0.352 e. The predicted octanol–water partition coefficient (Wildman–Crippen LogP) is 5.18. The van der Waals surface area contributed by atoms with Crippen molar-refractivity contribution in [2.24, 2.45) is 11.3 Å². The smallest absolute Gasteiger partial charge is 0.259 e. The summed E-state index contributed by atoms with van der Waals surface area (Å²) in [7, 11) is 0. The monoisotopic (exact) mass is 475 g/mol. The molecule has 8 heteroatoms. The first-order valence-corrected chi connectivity index (χ1v) is 12.1. The fourth-order valence-corrected chi connectivity index (χ4v) is 5.78. The summed E-state index contributed by atoms with van der Waals surface area (Å²) in [5.41, 5.74) is 2.00. The van der Waals surface area contributed by atoms with Crippen LogP contribution in [0.2, 0.25) is 5.02 Å². The number of rotatable bonds is 5. The largest absolute Gasteiger partial charge is 0.352 e. The summed E-state index contributed by atoms with van der Waals surface area (Å²) < 4.78 is 13.2. The average Bonchev–Trinajstić information content (AvgIpc) is 3.10. The second-order valence-electron chi connectivity index (χ2n) is 9.53. The highest BCUT2D eigenvalue weighted by Gasteiger charge is 2.31. The first kappa shape index (κ1) is 22.9. The fraction of sp³-hybridized carbons (Fsp3) is 0.458. The number of amides is 1. The Kier molecular flexibility index (Phi) is 6.41. The number of fused-ring (bicyclic) bond motifs is 3. The maximum absolute atomic E-state index is 13.2. The van der Waals surface area contributed by atoms with E-state index >= 15 is 0 Å². The van der Waals surface area contributed by atoms with Crippen LogP contribution >= 0.6 is 22.9 Å². The molecule has 3 aromatic rings. The highest BCUT2D eigenvalue weighted by molar-refractivity contribution is 7.18. The van der Waals surface area contributed by atoms with Crippen LogP contribution in [-0.4, -0.2) is 15.9 Å². The molecule has 170 valence electrons. The Balaban J connectivity index is 1.42. The summed E-state index contributed by atoms with van der Waals surface area (Å²) in [5.74, 6) is 0.456. The number of hydrogen-bond acceptors (Lipinski definition) is 4. The van der Waals surface area contributed by atoms with E-state index in [4.69, 9.17) is 11.6 Å². The summed E-state index contributed by atoms with van der Waals surface area (Å²) in [5, 5.41) is 3.54. The van der Waals surface area contributed by atoms with Crippen LogP contribution in [-0.2, 0) is 30.6 Å². The number of halogens is 2. The van der Waals surface area contributed by atoms with Crippen LogP contribution in [0.25, 0.3) is 10.2 Å². The molecule has 1 amide bonds. The van der Waals surface area contributed by atoms with Crippen molar-refractivity contribution in [2.45, 2.75) is 59.4 Å². The van der Waals surface area contributed by atoms with Crippen LogP contribution in [0.15, 0.2) is 23.0 Å². The van der Waals surface area contributed by atoms with Gasteiger partial charge in [-0.2, -0.15) is 0 Å². The van der Waals surface area contributed by atoms with Crippen molar-refractivity contribution in [1.29, 1.82) is 0 Å². The number of carbonyl (C=O) groups is 1. The van der Waals surface area contributed by atoms with Gasteiger partial charge in [-0.15, -0.1) is 11.3 Å². The van der Waals surface area contributed by atoms with E-state index in [1.54, 1.807) is 17.4 Å². The number of thiophene rings is 1. The number of carbonyl (C=O) groups excluding carboxylic acids is 1. The van der Waals surface area contributed by atoms with Crippen molar-refractivity contribution in [3.63, 3.8) is 0 Å². The molecular formula is C24H27ClFN3O2S. The lowest BCUT2D eigenvalue weighted by molar-refractivity contribution is -0.121. The lowest BCUT2D eigenvalue weighted by Crippen LogP contribution is -2.26. The normalized spacial score (nSPS) is 16.2. The highest BCUT2D eigenvalue weighted by Crippen LogP contribution is 2.41. The Labute approximate surface area is 195 Å². The van der Waals surface area contributed by atoms with Crippen molar-refractivity contribution in [3.05, 3.63) is 61.2 Å². The molecule has 1 aromatic carbocycles. The molecule has 0 spiro atoms. The van der Waals surface area contributed by atoms with Crippen molar-refractivity contribution in [2.75, 3.05) is 0 Å². The molecule has 2 aromatic heterocycles. The van der Waals surface area contributed by atoms with Crippen molar-refractivity contribution in [1.82, 2.24) is 15.3 Å². The maximum atomic E-state index is 13.2. The molecule has 1 unspecified atom stereocenters. The van der Waals surface area contributed by atoms with Crippen molar-refractivity contribution < 1.29 is 9.18 Å². The van der Waals surface area contributed by atoms with E-state index in [1.165, 1.54) is 17.0 Å². The molecule has 0 saturated carbocycles. The standard InChI is InChI=1S/C24H27ClFN3O2S/c1-24(2,3)14-5-6-15-18(11-14)32-23-21(15)22(31)28-19(29-23)8-9-20(30)27-12-13-4-7-17(26)16(25)10-13/h4,7,10,14H,5-6,8-9,11-12H2,1-3H3,(H,27,30)(H,28,29,31). The molecule has 0 aliphatic heterocycles. The zero-order valence-corrected chi connectivity index (χ0v) is 20.1. The topological polar surface area (TPSA) is 74.8 Å². The molecule has 1 atom stereocenters. The number of aromatic nitrogens is 2. The SMILES string of the molecule is CC(C)(C)C1CCc2c(sc3nc(CCC(=O)NCc4ccc(F)c(Cl)c4)[nH]c(=O)c23)C1. The van der Waals surface area contributed by atoms with Gasteiger partial charge in [0.15, 0.2) is 0 Å². The Morgan fingerprint density at radius 2 is 2.16 bits per heavy atom. The molecule has 2 N–H and O–H groups in total. The lowest BCUT2D eigenvalue weighted by Gasteiger charge is -2.33. The van der Waals surface area contributed by atoms with Gasteiger partial charge >= 0.3 is 0 Å². The third-order valence-electron chi connectivity index (χ3n) is 6.26. The van der Waals surface area contributed by atoms with E-state index in [-0.39, 0.29) is 34.9 Å². The number of aryl methyl sites for hydroxylation is 2. The quantitative estimate of drug-likeness (QED) is 0.534. The van der Waals surface area contributed by atoms with Gasteiger partial charge in [-0.1, -0.05) is 38.4 Å². The van der Waals surface area contributed by atoms with Gasteiger partial charge in [0.2, 0.25) is 5.91 Å². The molecule has 0 fully saturated rings. The van der Waals surface area contributed by atoms with Gasteiger partial charge < -0.3 is 10.3 Å². The second kappa shape index (κ2) is 8.94. The summed E-state index contributed by atoms with van der Waals surface area (Å²) in [4.78, 5) is 34.6. The number of nitrogens with zero attached hydrogens (tertiary/aromatic N) is 1. The Morgan fingerprint density at radius 3 is 2.88 bits per heavy atom.